The summed E-state index contributed by atoms with van der Waals surface area (Å²) in [6.45, 7) is 1.96. The van der Waals surface area contributed by atoms with Crippen molar-refractivity contribution in [2.45, 2.75) is 50.6 Å². The lowest BCUT2D eigenvalue weighted by Crippen LogP contribution is -2.51. The zero-order valence-corrected chi connectivity index (χ0v) is 18.0. The van der Waals surface area contributed by atoms with Crippen molar-refractivity contribution < 1.29 is 24.2 Å². The minimum absolute atomic E-state index is 0.0585. The van der Waals surface area contributed by atoms with E-state index in [9.17, 15) is 19.5 Å². The molecular weight excluding hydrogens is 408 g/mol. The zero-order valence-electron chi connectivity index (χ0n) is 18.0. The van der Waals surface area contributed by atoms with E-state index in [-0.39, 0.29) is 18.4 Å². The van der Waals surface area contributed by atoms with Gasteiger partial charge in [-0.25, -0.2) is 4.79 Å². The number of carbonyl (C=O) groups is 3. The number of aliphatic carboxylic acids is 1. The SMILES string of the molecule is CCC(NC(=O)OCC1c2ccccc2-c2ccccc21)C(=O)N[C@@H]1CCC[C@@H]1C(=O)O. The van der Waals surface area contributed by atoms with E-state index >= 15 is 0 Å². The molecule has 7 heteroatoms. The standard InChI is InChI=1S/C25H28N2O5/c1-2-21(23(28)26-22-13-7-12-19(22)24(29)30)27-25(31)32-14-20-17-10-5-3-8-15(17)16-9-4-6-11-18(16)20/h3-6,8-11,19-22H,2,7,12-14H2,1H3,(H,26,28)(H,27,31)(H,29,30)/t19-,21?,22+/m0/s1. The van der Waals surface area contributed by atoms with E-state index < -0.39 is 30.1 Å². The molecule has 2 aromatic carbocycles. The summed E-state index contributed by atoms with van der Waals surface area (Å²) in [6.07, 6.45) is 1.66. The van der Waals surface area contributed by atoms with Crippen LogP contribution in [0.2, 0.25) is 0 Å². The largest absolute Gasteiger partial charge is 0.481 e. The van der Waals surface area contributed by atoms with Crippen molar-refractivity contribution in [2.75, 3.05) is 6.61 Å². The van der Waals surface area contributed by atoms with Crippen molar-refractivity contribution in [3.8, 4) is 11.1 Å². The first kappa shape index (κ1) is 21.9. The number of nitrogens with one attached hydrogen (secondary N) is 2. The Bertz CT molecular complexity index is 975. The molecule has 0 heterocycles. The van der Waals surface area contributed by atoms with E-state index in [0.717, 1.165) is 28.7 Å². The molecule has 1 unspecified atom stereocenters. The smallest absolute Gasteiger partial charge is 0.407 e. The third kappa shape index (κ3) is 4.33. The van der Waals surface area contributed by atoms with Crippen LogP contribution in [-0.2, 0) is 14.3 Å². The van der Waals surface area contributed by atoms with E-state index in [1.165, 1.54) is 0 Å². The Morgan fingerprint density at radius 2 is 1.66 bits per heavy atom. The van der Waals surface area contributed by atoms with Crippen LogP contribution in [0.5, 0.6) is 0 Å². The first-order chi connectivity index (χ1) is 15.5. The topological polar surface area (TPSA) is 105 Å². The van der Waals surface area contributed by atoms with Crippen LogP contribution in [0.3, 0.4) is 0 Å². The molecule has 2 amide bonds. The Kier molecular flexibility index (Phi) is 6.44. The van der Waals surface area contributed by atoms with Crippen molar-refractivity contribution in [1.29, 1.82) is 0 Å². The quantitative estimate of drug-likeness (QED) is 0.614. The average Bonchev–Trinajstić information content (AvgIpc) is 3.38. The summed E-state index contributed by atoms with van der Waals surface area (Å²) in [4.78, 5) is 36.5. The predicted molar refractivity (Wildman–Crippen MR) is 119 cm³/mol. The van der Waals surface area contributed by atoms with Crippen LogP contribution in [-0.4, -0.2) is 41.8 Å². The molecule has 0 aliphatic heterocycles. The van der Waals surface area contributed by atoms with Gasteiger partial charge in [0.15, 0.2) is 0 Å². The van der Waals surface area contributed by atoms with Crippen LogP contribution < -0.4 is 10.6 Å². The Morgan fingerprint density at radius 3 is 2.25 bits per heavy atom. The van der Waals surface area contributed by atoms with Crippen molar-refractivity contribution >= 4 is 18.0 Å². The van der Waals surface area contributed by atoms with Gasteiger partial charge in [-0.2, -0.15) is 0 Å². The van der Waals surface area contributed by atoms with Crippen molar-refractivity contribution in [3.05, 3.63) is 59.7 Å². The van der Waals surface area contributed by atoms with Gasteiger partial charge in [-0.1, -0.05) is 61.9 Å². The van der Waals surface area contributed by atoms with E-state index in [0.29, 0.717) is 19.3 Å². The molecule has 4 rings (SSSR count). The maximum absolute atomic E-state index is 12.6. The average molecular weight is 437 g/mol. The lowest BCUT2D eigenvalue weighted by atomic mass is 9.98. The summed E-state index contributed by atoms with van der Waals surface area (Å²) in [5.41, 5.74) is 4.53. The van der Waals surface area contributed by atoms with Gasteiger partial charge in [0.2, 0.25) is 5.91 Å². The van der Waals surface area contributed by atoms with Crippen LogP contribution in [0.4, 0.5) is 4.79 Å². The molecule has 1 fully saturated rings. The fourth-order valence-corrected chi connectivity index (χ4v) is 4.85. The number of alkyl carbamates (subject to hydrolysis) is 1. The molecule has 1 saturated carbocycles. The van der Waals surface area contributed by atoms with Gasteiger partial charge < -0.3 is 20.5 Å². The lowest BCUT2D eigenvalue weighted by molar-refractivity contribution is -0.142. The molecule has 7 nitrogen and oxygen atoms in total. The summed E-state index contributed by atoms with van der Waals surface area (Å²) >= 11 is 0. The molecule has 32 heavy (non-hydrogen) atoms. The fraction of sp³-hybridized carbons (Fsp3) is 0.400. The highest BCUT2D eigenvalue weighted by atomic mass is 16.5. The Morgan fingerprint density at radius 1 is 1.03 bits per heavy atom. The maximum atomic E-state index is 12.6. The van der Waals surface area contributed by atoms with Gasteiger partial charge in [0.25, 0.3) is 0 Å². The monoisotopic (exact) mass is 436 g/mol. The van der Waals surface area contributed by atoms with Crippen LogP contribution in [0.25, 0.3) is 11.1 Å². The minimum atomic E-state index is -0.898. The third-order valence-electron chi connectivity index (χ3n) is 6.52. The van der Waals surface area contributed by atoms with Crippen LogP contribution >= 0.6 is 0 Å². The number of hydrogen-bond donors (Lipinski definition) is 3. The van der Waals surface area contributed by atoms with E-state index in [2.05, 4.69) is 22.8 Å². The van der Waals surface area contributed by atoms with Gasteiger partial charge in [-0.05, 0) is 41.5 Å². The van der Waals surface area contributed by atoms with Gasteiger partial charge in [0.1, 0.15) is 12.6 Å². The fourth-order valence-electron chi connectivity index (χ4n) is 4.85. The Balaban J connectivity index is 1.36. The molecule has 0 aromatic heterocycles. The van der Waals surface area contributed by atoms with Gasteiger partial charge in [-0.3, -0.25) is 9.59 Å². The Hall–Kier alpha value is -3.35. The highest BCUT2D eigenvalue weighted by Crippen LogP contribution is 2.44. The highest BCUT2D eigenvalue weighted by molar-refractivity contribution is 5.86. The van der Waals surface area contributed by atoms with Crippen molar-refractivity contribution in [3.63, 3.8) is 0 Å². The number of carboxylic acids is 1. The van der Waals surface area contributed by atoms with E-state index in [4.69, 9.17) is 4.74 Å². The molecule has 0 radical (unpaired) electrons. The number of carboxylic acid groups (broad SMARTS) is 1. The summed E-state index contributed by atoms with van der Waals surface area (Å²) in [6, 6.07) is 15.0. The van der Waals surface area contributed by atoms with E-state index in [1.54, 1.807) is 6.92 Å². The molecule has 168 valence electrons. The van der Waals surface area contributed by atoms with Gasteiger partial charge in [0.05, 0.1) is 5.92 Å². The summed E-state index contributed by atoms with van der Waals surface area (Å²) in [5, 5.41) is 14.7. The molecule has 0 bridgehead atoms. The lowest BCUT2D eigenvalue weighted by Gasteiger charge is -2.22. The third-order valence-corrected chi connectivity index (χ3v) is 6.52. The molecule has 0 spiro atoms. The van der Waals surface area contributed by atoms with Crippen molar-refractivity contribution in [2.24, 2.45) is 5.92 Å². The van der Waals surface area contributed by atoms with Crippen LogP contribution in [0.15, 0.2) is 48.5 Å². The van der Waals surface area contributed by atoms with Gasteiger partial charge in [0, 0.05) is 12.0 Å². The number of ether oxygens (including phenoxy) is 1. The minimum Gasteiger partial charge on any atom is -0.481 e. The summed E-state index contributed by atoms with van der Waals surface area (Å²) < 4.78 is 5.53. The van der Waals surface area contributed by atoms with Gasteiger partial charge >= 0.3 is 12.1 Å². The zero-order chi connectivity index (χ0) is 22.7. The molecule has 3 N–H and O–H groups in total. The number of amides is 2. The first-order valence-electron chi connectivity index (χ1n) is 11.1. The van der Waals surface area contributed by atoms with E-state index in [1.807, 2.05) is 36.4 Å². The Labute approximate surface area is 187 Å². The molecule has 3 atom stereocenters. The molecular formula is C25H28N2O5. The van der Waals surface area contributed by atoms with Crippen LogP contribution in [0.1, 0.15) is 49.7 Å². The number of hydrogen-bond acceptors (Lipinski definition) is 4. The molecule has 2 aliphatic carbocycles. The summed E-state index contributed by atoms with van der Waals surface area (Å²) in [5.74, 6) is -1.91. The molecule has 2 aliphatic rings. The second-order valence-electron chi connectivity index (χ2n) is 8.42. The normalized spacial score (nSPS) is 20.2. The predicted octanol–water partition coefficient (Wildman–Crippen LogP) is 3.67. The number of rotatable bonds is 7. The maximum Gasteiger partial charge on any atom is 0.407 e. The number of fused-ring (bicyclic) bond motifs is 3. The second-order valence-corrected chi connectivity index (χ2v) is 8.42. The van der Waals surface area contributed by atoms with Gasteiger partial charge in [-0.15, -0.1) is 0 Å². The number of carbonyl (C=O) groups excluding carboxylic acids is 2. The highest BCUT2D eigenvalue weighted by Gasteiger charge is 2.35. The summed E-state index contributed by atoms with van der Waals surface area (Å²) in [7, 11) is 0. The first-order valence-corrected chi connectivity index (χ1v) is 11.1. The van der Waals surface area contributed by atoms with Crippen molar-refractivity contribution in [1.82, 2.24) is 10.6 Å². The second kappa shape index (κ2) is 9.42. The van der Waals surface area contributed by atoms with Crippen LogP contribution in [0, 0.1) is 5.92 Å². The number of benzene rings is 2. The molecule has 2 aromatic rings. The molecule has 0 saturated heterocycles.